The van der Waals surface area contributed by atoms with Crippen LogP contribution < -0.4 is 0 Å². The summed E-state index contributed by atoms with van der Waals surface area (Å²) in [5, 5.41) is 8.66. The van der Waals surface area contributed by atoms with E-state index in [0.29, 0.717) is 5.88 Å². The van der Waals surface area contributed by atoms with Crippen LogP contribution in [0.5, 0.6) is 0 Å². The van der Waals surface area contributed by atoms with Gasteiger partial charge >= 0.3 is 0 Å². The van der Waals surface area contributed by atoms with Crippen molar-refractivity contribution in [2.24, 2.45) is 0 Å². The van der Waals surface area contributed by atoms with Crippen LogP contribution in [-0.2, 0) is 0 Å². The van der Waals surface area contributed by atoms with E-state index in [1.54, 1.807) is 0 Å². The first-order valence-corrected chi connectivity index (χ1v) is 3.77. The van der Waals surface area contributed by atoms with E-state index in [2.05, 4.69) is 6.92 Å². The Morgan fingerprint density at radius 2 is 2.11 bits per heavy atom. The molecule has 0 saturated carbocycles. The van der Waals surface area contributed by atoms with Crippen molar-refractivity contribution in [3.63, 3.8) is 0 Å². The fraction of sp³-hybridized carbons (Fsp3) is 1.00. The van der Waals surface area contributed by atoms with Gasteiger partial charge in [-0.15, -0.1) is 11.6 Å². The third kappa shape index (κ3) is 4.70. The first kappa shape index (κ1) is 9.21. The number of halogens is 1. The summed E-state index contributed by atoms with van der Waals surface area (Å²) in [5.74, 6) is 0.598. The van der Waals surface area contributed by atoms with E-state index in [0.717, 1.165) is 19.5 Å². The lowest BCUT2D eigenvalue weighted by Gasteiger charge is -2.15. The maximum Gasteiger partial charge on any atom is 0.0956 e. The topological polar surface area (TPSA) is 23.5 Å². The first-order chi connectivity index (χ1) is 4.35. The second kappa shape index (κ2) is 6.33. The predicted molar refractivity (Wildman–Crippen MR) is 39.7 cm³/mol. The van der Waals surface area contributed by atoms with Gasteiger partial charge in [0.2, 0.25) is 0 Å². The van der Waals surface area contributed by atoms with Crippen molar-refractivity contribution in [2.75, 3.05) is 25.7 Å². The average molecular weight is 152 g/mol. The van der Waals surface area contributed by atoms with Gasteiger partial charge in [0.05, 0.1) is 6.73 Å². The maximum absolute atomic E-state index is 8.66. The molecule has 2 nitrogen and oxygen atoms in total. The lowest BCUT2D eigenvalue weighted by molar-refractivity contribution is 0.113. The average Bonchev–Trinajstić information content (AvgIpc) is 1.88. The molecule has 0 rings (SSSR count). The quantitative estimate of drug-likeness (QED) is 0.466. The Labute approximate surface area is 61.4 Å². The second-order valence-corrected chi connectivity index (χ2v) is 2.33. The highest BCUT2D eigenvalue weighted by atomic mass is 35.5. The Morgan fingerprint density at radius 1 is 1.44 bits per heavy atom. The van der Waals surface area contributed by atoms with E-state index in [4.69, 9.17) is 16.7 Å². The van der Waals surface area contributed by atoms with Crippen molar-refractivity contribution in [3.05, 3.63) is 0 Å². The first-order valence-electron chi connectivity index (χ1n) is 3.24. The van der Waals surface area contributed by atoms with Crippen LogP contribution in [0.25, 0.3) is 0 Å². The fourth-order valence-corrected chi connectivity index (χ4v) is 0.928. The van der Waals surface area contributed by atoms with Gasteiger partial charge in [-0.25, -0.2) is 0 Å². The lowest BCUT2D eigenvalue weighted by Crippen LogP contribution is -2.27. The van der Waals surface area contributed by atoms with Crippen LogP contribution in [0.15, 0.2) is 0 Å². The molecular formula is C6H14ClNO. The monoisotopic (exact) mass is 151 g/mol. The van der Waals surface area contributed by atoms with E-state index >= 15 is 0 Å². The molecule has 0 aromatic carbocycles. The Kier molecular flexibility index (Phi) is 6.48. The van der Waals surface area contributed by atoms with Crippen LogP contribution in [0.2, 0.25) is 0 Å². The zero-order valence-electron chi connectivity index (χ0n) is 5.81. The van der Waals surface area contributed by atoms with Gasteiger partial charge in [-0.2, -0.15) is 0 Å². The molecule has 0 aliphatic heterocycles. The molecule has 0 unspecified atom stereocenters. The Balaban J connectivity index is 3.18. The van der Waals surface area contributed by atoms with Gasteiger partial charge in [-0.05, 0) is 6.42 Å². The summed E-state index contributed by atoms with van der Waals surface area (Å²) < 4.78 is 0. The van der Waals surface area contributed by atoms with Gasteiger partial charge in [-0.3, -0.25) is 4.90 Å². The number of hydrogen-bond donors (Lipinski definition) is 1. The molecule has 0 aliphatic carbocycles. The van der Waals surface area contributed by atoms with Crippen molar-refractivity contribution >= 4 is 11.6 Å². The lowest BCUT2D eigenvalue weighted by atomic mass is 10.4. The number of alkyl halides is 1. The molecule has 1 N–H and O–H groups in total. The third-order valence-corrected chi connectivity index (χ3v) is 1.31. The van der Waals surface area contributed by atoms with Gasteiger partial charge in [0, 0.05) is 19.0 Å². The number of hydrogen-bond acceptors (Lipinski definition) is 2. The molecule has 0 fully saturated rings. The van der Waals surface area contributed by atoms with Gasteiger partial charge in [0.25, 0.3) is 0 Å². The molecular weight excluding hydrogens is 138 g/mol. The van der Waals surface area contributed by atoms with Crippen LogP contribution in [0.1, 0.15) is 13.3 Å². The zero-order chi connectivity index (χ0) is 7.11. The minimum atomic E-state index is 0.126. The summed E-state index contributed by atoms with van der Waals surface area (Å²) >= 11 is 5.46. The number of aliphatic hydroxyl groups is 1. The van der Waals surface area contributed by atoms with E-state index in [-0.39, 0.29) is 6.73 Å². The predicted octanol–water partition coefficient (Wildman–Crippen LogP) is 0.887. The highest BCUT2D eigenvalue weighted by Gasteiger charge is 1.97. The largest absolute Gasteiger partial charge is 0.381 e. The molecule has 0 radical (unpaired) electrons. The third-order valence-electron chi connectivity index (χ3n) is 1.14. The Bertz CT molecular complexity index is 55.0. The maximum atomic E-state index is 8.66. The highest BCUT2D eigenvalue weighted by Crippen LogP contribution is 1.89. The molecule has 0 aromatic heterocycles. The molecule has 9 heavy (non-hydrogen) atoms. The van der Waals surface area contributed by atoms with Crippen molar-refractivity contribution in [1.82, 2.24) is 4.90 Å². The summed E-state index contributed by atoms with van der Waals surface area (Å²) in [6, 6.07) is 0. The van der Waals surface area contributed by atoms with Crippen LogP contribution in [0, 0.1) is 0 Å². The van der Waals surface area contributed by atoms with Gasteiger partial charge in [-0.1, -0.05) is 6.92 Å². The number of aliphatic hydroxyl groups excluding tert-OH is 1. The molecule has 3 heteroatoms. The smallest absolute Gasteiger partial charge is 0.0956 e. The minimum Gasteiger partial charge on any atom is -0.381 e. The van der Waals surface area contributed by atoms with Crippen LogP contribution >= 0.6 is 11.6 Å². The molecule has 0 bridgehead atoms. The molecule has 56 valence electrons. The molecule has 0 aromatic rings. The molecule has 0 atom stereocenters. The van der Waals surface area contributed by atoms with Crippen molar-refractivity contribution in [2.45, 2.75) is 13.3 Å². The Hall–Kier alpha value is 0.210. The van der Waals surface area contributed by atoms with Crippen LogP contribution in [-0.4, -0.2) is 35.7 Å². The molecule has 0 spiro atoms. The minimum absolute atomic E-state index is 0.126. The summed E-state index contributed by atoms with van der Waals surface area (Å²) in [6.45, 7) is 3.92. The van der Waals surface area contributed by atoms with Gasteiger partial charge in [0.1, 0.15) is 0 Å². The van der Waals surface area contributed by atoms with Crippen LogP contribution in [0.4, 0.5) is 0 Å². The van der Waals surface area contributed by atoms with Crippen molar-refractivity contribution in [1.29, 1.82) is 0 Å². The van der Waals surface area contributed by atoms with E-state index in [9.17, 15) is 0 Å². The molecule has 0 aliphatic rings. The van der Waals surface area contributed by atoms with E-state index in [1.165, 1.54) is 0 Å². The summed E-state index contributed by atoms with van der Waals surface area (Å²) in [6.07, 6.45) is 1.07. The van der Waals surface area contributed by atoms with Crippen LogP contribution in [0.3, 0.4) is 0 Å². The fourth-order valence-electron chi connectivity index (χ4n) is 0.689. The molecule has 0 saturated heterocycles. The molecule has 0 heterocycles. The zero-order valence-corrected chi connectivity index (χ0v) is 6.56. The van der Waals surface area contributed by atoms with E-state index < -0.39 is 0 Å². The van der Waals surface area contributed by atoms with Gasteiger partial charge in [0.15, 0.2) is 0 Å². The van der Waals surface area contributed by atoms with E-state index in [1.807, 2.05) is 4.90 Å². The second-order valence-electron chi connectivity index (χ2n) is 1.95. The van der Waals surface area contributed by atoms with Crippen molar-refractivity contribution < 1.29 is 5.11 Å². The normalized spacial score (nSPS) is 10.7. The standard InChI is InChI=1S/C6H14ClNO/c1-2-4-8(6-9)5-3-7/h9H,2-6H2,1H3. The number of rotatable bonds is 5. The van der Waals surface area contributed by atoms with Gasteiger partial charge < -0.3 is 5.11 Å². The molecule has 0 amide bonds. The summed E-state index contributed by atoms with van der Waals surface area (Å²) in [7, 11) is 0. The van der Waals surface area contributed by atoms with Crippen molar-refractivity contribution in [3.8, 4) is 0 Å². The Morgan fingerprint density at radius 3 is 2.44 bits per heavy atom. The summed E-state index contributed by atoms with van der Waals surface area (Å²) in [5.41, 5.74) is 0. The number of nitrogens with zero attached hydrogens (tertiary/aromatic N) is 1. The SMILES string of the molecule is CCCN(CO)CCCl. The highest BCUT2D eigenvalue weighted by molar-refractivity contribution is 6.18. The summed E-state index contributed by atoms with van der Waals surface area (Å²) in [4.78, 5) is 1.91.